The summed E-state index contributed by atoms with van der Waals surface area (Å²) in [6.45, 7) is 4.49. The van der Waals surface area contributed by atoms with Crippen molar-refractivity contribution in [1.29, 1.82) is 0 Å². The van der Waals surface area contributed by atoms with Crippen LogP contribution in [0.5, 0.6) is 0 Å². The first kappa shape index (κ1) is 20.1. The largest absolute Gasteiger partial charge is 0.0696 e. The SMILES string of the molecule is CCCCCc1ccc(C#C/C=C/c2ccc(CCCCC)cc2)cc1. The molecule has 0 aliphatic carbocycles. The van der Waals surface area contributed by atoms with Gasteiger partial charge in [0.05, 0.1) is 0 Å². The third kappa shape index (κ3) is 7.75. The Balaban J connectivity index is 1.82. The average molecular weight is 345 g/mol. The fourth-order valence-electron chi connectivity index (χ4n) is 2.97. The number of hydrogen-bond acceptors (Lipinski definition) is 0. The average Bonchev–Trinajstić information content (AvgIpc) is 2.68. The number of unbranched alkanes of at least 4 members (excludes halogenated alkanes) is 4. The first-order valence-electron chi connectivity index (χ1n) is 10.2. The van der Waals surface area contributed by atoms with Crippen molar-refractivity contribution in [2.45, 2.75) is 65.2 Å². The predicted octanol–water partition coefficient (Wildman–Crippen LogP) is 7.22. The van der Waals surface area contributed by atoms with Gasteiger partial charge in [-0.05, 0) is 66.7 Å². The van der Waals surface area contributed by atoms with Gasteiger partial charge in [-0.15, -0.1) is 0 Å². The van der Waals surface area contributed by atoms with Crippen molar-refractivity contribution in [3.63, 3.8) is 0 Å². The second-order valence-electron chi connectivity index (χ2n) is 6.96. The minimum atomic E-state index is 1.08. The molecule has 0 nitrogen and oxygen atoms in total. The molecule has 0 N–H and O–H groups in total. The van der Waals surface area contributed by atoms with E-state index in [0.717, 1.165) is 5.56 Å². The van der Waals surface area contributed by atoms with E-state index in [4.69, 9.17) is 0 Å². The van der Waals surface area contributed by atoms with Crippen LogP contribution in [-0.4, -0.2) is 0 Å². The monoisotopic (exact) mass is 344 g/mol. The van der Waals surface area contributed by atoms with Crippen molar-refractivity contribution >= 4 is 6.08 Å². The van der Waals surface area contributed by atoms with E-state index in [9.17, 15) is 0 Å². The van der Waals surface area contributed by atoms with E-state index < -0.39 is 0 Å². The third-order valence-corrected chi connectivity index (χ3v) is 4.65. The molecule has 2 aromatic carbocycles. The van der Waals surface area contributed by atoms with Gasteiger partial charge in [0.25, 0.3) is 0 Å². The van der Waals surface area contributed by atoms with Crippen LogP contribution >= 0.6 is 0 Å². The molecule has 0 amide bonds. The Kier molecular flexibility index (Phi) is 9.37. The molecule has 0 atom stereocenters. The lowest BCUT2D eigenvalue weighted by Gasteiger charge is -2.01. The van der Waals surface area contributed by atoms with Gasteiger partial charge in [-0.3, -0.25) is 0 Å². The zero-order valence-electron chi connectivity index (χ0n) is 16.4. The van der Waals surface area contributed by atoms with Crippen molar-refractivity contribution < 1.29 is 0 Å². The molecule has 26 heavy (non-hydrogen) atoms. The molecule has 0 aliphatic rings. The topological polar surface area (TPSA) is 0 Å². The van der Waals surface area contributed by atoms with E-state index in [0.29, 0.717) is 0 Å². The molecule has 0 spiro atoms. The minimum Gasteiger partial charge on any atom is -0.0696 e. The maximum Gasteiger partial charge on any atom is 0.0249 e. The second-order valence-corrected chi connectivity index (χ2v) is 6.96. The smallest absolute Gasteiger partial charge is 0.0249 e. The zero-order valence-corrected chi connectivity index (χ0v) is 16.4. The lowest BCUT2D eigenvalue weighted by molar-refractivity contribution is 0.717. The van der Waals surface area contributed by atoms with Crippen LogP contribution in [0.2, 0.25) is 0 Å². The first-order chi connectivity index (χ1) is 12.8. The van der Waals surface area contributed by atoms with Gasteiger partial charge in [-0.2, -0.15) is 0 Å². The van der Waals surface area contributed by atoms with E-state index in [1.807, 2.05) is 6.08 Å². The highest BCUT2D eigenvalue weighted by Gasteiger charge is 1.94. The van der Waals surface area contributed by atoms with Crippen LogP contribution < -0.4 is 0 Å². The van der Waals surface area contributed by atoms with Crippen LogP contribution in [0.4, 0.5) is 0 Å². The van der Waals surface area contributed by atoms with Gasteiger partial charge >= 0.3 is 0 Å². The lowest BCUT2D eigenvalue weighted by atomic mass is 10.0. The summed E-state index contributed by atoms with van der Waals surface area (Å²) in [5.74, 6) is 6.37. The predicted molar refractivity (Wildman–Crippen MR) is 115 cm³/mol. The molecule has 0 heteroatoms. The Morgan fingerprint density at radius 3 is 1.77 bits per heavy atom. The summed E-state index contributed by atoms with van der Waals surface area (Å²) in [7, 11) is 0. The fourth-order valence-corrected chi connectivity index (χ4v) is 2.97. The molecule has 0 aromatic heterocycles. The van der Waals surface area contributed by atoms with Gasteiger partial charge in [0.2, 0.25) is 0 Å². The maximum atomic E-state index is 3.22. The standard InChI is InChI=1S/C26H32/c1-3-5-7-11-23-15-19-25(20-16-23)13-9-10-14-26-21-17-24(18-22-26)12-8-6-4-2/h9,13,15-22H,3-8,11-12H2,1-2H3/b13-9+. The summed E-state index contributed by atoms with van der Waals surface area (Å²) in [4.78, 5) is 0. The zero-order chi connectivity index (χ0) is 18.5. The van der Waals surface area contributed by atoms with Gasteiger partial charge in [0.15, 0.2) is 0 Å². The third-order valence-electron chi connectivity index (χ3n) is 4.65. The van der Waals surface area contributed by atoms with Gasteiger partial charge in [-0.1, -0.05) is 87.8 Å². The molecule has 0 saturated carbocycles. The molecule has 0 fully saturated rings. The highest BCUT2D eigenvalue weighted by molar-refractivity contribution is 5.54. The van der Waals surface area contributed by atoms with Gasteiger partial charge < -0.3 is 0 Å². The van der Waals surface area contributed by atoms with E-state index in [2.05, 4.69) is 80.3 Å². The Hall–Kier alpha value is -2.26. The Morgan fingerprint density at radius 2 is 1.23 bits per heavy atom. The van der Waals surface area contributed by atoms with E-state index in [-0.39, 0.29) is 0 Å². The Morgan fingerprint density at radius 1 is 0.692 bits per heavy atom. The summed E-state index contributed by atoms with van der Waals surface area (Å²) in [6, 6.07) is 17.5. The fraction of sp³-hybridized carbons (Fsp3) is 0.385. The summed E-state index contributed by atoms with van der Waals surface area (Å²) in [5.41, 5.74) is 5.14. The summed E-state index contributed by atoms with van der Waals surface area (Å²) in [6.07, 6.45) is 14.1. The highest BCUT2D eigenvalue weighted by atomic mass is 14.0. The molecular formula is C26H32. The molecule has 0 heterocycles. The molecule has 0 bridgehead atoms. The molecule has 0 saturated heterocycles. The maximum absolute atomic E-state index is 3.22. The van der Waals surface area contributed by atoms with Crippen molar-refractivity contribution in [1.82, 2.24) is 0 Å². The summed E-state index contributed by atoms with van der Waals surface area (Å²) >= 11 is 0. The van der Waals surface area contributed by atoms with Crippen LogP contribution in [-0.2, 0) is 12.8 Å². The minimum absolute atomic E-state index is 1.08. The van der Waals surface area contributed by atoms with Gasteiger partial charge in [-0.25, -0.2) is 0 Å². The number of rotatable bonds is 9. The molecule has 0 unspecified atom stereocenters. The Bertz CT molecular complexity index is 705. The van der Waals surface area contributed by atoms with Crippen molar-refractivity contribution in [2.75, 3.05) is 0 Å². The molecule has 136 valence electrons. The van der Waals surface area contributed by atoms with Crippen LogP contribution in [0, 0.1) is 11.8 Å². The second kappa shape index (κ2) is 12.2. The molecule has 0 aliphatic heterocycles. The van der Waals surface area contributed by atoms with E-state index in [1.165, 1.54) is 68.1 Å². The van der Waals surface area contributed by atoms with Crippen molar-refractivity contribution in [2.24, 2.45) is 0 Å². The molecule has 2 rings (SSSR count). The quantitative estimate of drug-likeness (QED) is 0.333. The van der Waals surface area contributed by atoms with Crippen LogP contribution in [0.3, 0.4) is 0 Å². The van der Waals surface area contributed by atoms with Crippen molar-refractivity contribution in [3.8, 4) is 11.8 Å². The first-order valence-corrected chi connectivity index (χ1v) is 10.2. The van der Waals surface area contributed by atoms with Crippen molar-refractivity contribution in [3.05, 3.63) is 76.9 Å². The van der Waals surface area contributed by atoms with Crippen LogP contribution in [0.15, 0.2) is 54.6 Å². The van der Waals surface area contributed by atoms with Gasteiger partial charge in [0.1, 0.15) is 0 Å². The summed E-state index contributed by atoms with van der Waals surface area (Å²) in [5, 5.41) is 0. The van der Waals surface area contributed by atoms with Crippen LogP contribution in [0.25, 0.3) is 6.08 Å². The lowest BCUT2D eigenvalue weighted by Crippen LogP contribution is -1.85. The van der Waals surface area contributed by atoms with E-state index in [1.54, 1.807) is 0 Å². The Labute approximate surface area is 160 Å². The number of benzene rings is 2. The summed E-state index contributed by atoms with van der Waals surface area (Å²) < 4.78 is 0. The number of hydrogen-bond donors (Lipinski definition) is 0. The molecule has 2 aromatic rings. The number of aryl methyl sites for hydroxylation is 2. The molecule has 0 radical (unpaired) electrons. The van der Waals surface area contributed by atoms with Gasteiger partial charge in [0, 0.05) is 5.56 Å². The number of allylic oxidation sites excluding steroid dienone is 1. The molecular weight excluding hydrogens is 312 g/mol. The normalized spacial score (nSPS) is 10.7. The highest BCUT2D eigenvalue weighted by Crippen LogP contribution is 2.10. The van der Waals surface area contributed by atoms with Crippen LogP contribution in [0.1, 0.15) is 74.6 Å². The van der Waals surface area contributed by atoms with E-state index >= 15 is 0 Å².